The lowest BCUT2D eigenvalue weighted by Gasteiger charge is -2.14. The van der Waals surface area contributed by atoms with E-state index >= 15 is 0 Å². The molecule has 0 heterocycles. The van der Waals surface area contributed by atoms with Crippen LogP contribution in [0.15, 0.2) is 48.5 Å². The molecule has 0 atom stereocenters. The minimum absolute atomic E-state index is 0.555. The standard InChI is InChI=1S/C18H22N2O2S/c1-3-21-15-9-7-8-14(12-15)13-19-18(23)20-16-10-5-6-11-17(16)22-4-2/h5-12H,3-4,13H2,1-2H3,(H2,19,20,23). The summed E-state index contributed by atoms with van der Waals surface area (Å²) in [6.07, 6.45) is 0. The van der Waals surface area contributed by atoms with Gasteiger partial charge in [0.05, 0.1) is 18.9 Å². The Balaban J connectivity index is 1.91. The SMILES string of the molecule is CCOc1cccc(CNC(=S)Nc2ccccc2OCC)c1. The largest absolute Gasteiger partial charge is 0.494 e. The van der Waals surface area contributed by atoms with Gasteiger partial charge in [-0.25, -0.2) is 0 Å². The lowest BCUT2D eigenvalue weighted by molar-refractivity contribution is 0.340. The van der Waals surface area contributed by atoms with Crippen LogP contribution < -0.4 is 20.1 Å². The second-order valence-corrected chi connectivity index (χ2v) is 5.23. The van der Waals surface area contributed by atoms with E-state index in [-0.39, 0.29) is 0 Å². The number of benzene rings is 2. The van der Waals surface area contributed by atoms with Crippen LogP contribution in [0.25, 0.3) is 0 Å². The molecule has 4 nitrogen and oxygen atoms in total. The Kier molecular flexibility index (Phi) is 6.69. The van der Waals surface area contributed by atoms with Crippen molar-refractivity contribution in [2.45, 2.75) is 20.4 Å². The molecular formula is C18H22N2O2S. The van der Waals surface area contributed by atoms with Gasteiger partial charge in [-0.05, 0) is 55.9 Å². The Labute approximate surface area is 142 Å². The fourth-order valence-corrected chi connectivity index (χ4v) is 2.29. The van der Waals surface area contributed by atoms with Gasteiger partial charge in [-0.1, -0.05) is 24.3 Å². The molecule has 122 valence electrons. The van der Waals surface area contributed by atoms with Gasteiger partial charge < -0.3 is 20.1 Å². The molecule has 2 aromatic carbocycles. The fourth-order valence-electron chi connectivity index (χ4n) is 2.11. The van der Waals surface area contributed by atoms with Crippen LogP contribution >= 0.6 is 12.2 Å². The fraction of sp³-hybridized carbons (Fsp3) is 0.278. The van der Waals surface area contributed by atoms with Crippen molar-refractivity contribution < 1.29 is 9.47 Å². The molecule has 0 radical (unpaired) electrons. The van der Waals surface area contributed by atoms with Gasteiger partial charge in [0, 0.05) is 6.54 Å². The van der Waals surface area contributed by atoms with Crippen molar-refractivity contribution in [3.05, 3.63) is 54.1 Å². The van der Waals surface area contributed by atoms with E-state index in [1.165, 1.54) is 0 Å². The second kappa shape index (κ2) is 9.00. The third-order valence-electron chi connectivity index (χ3n) is 3.10. The Hall–Kier alpha value is -2.27. The molecule has 2 aromatic rings. The molecule has 0 aliphatic rings. The van der Waals surface area contributed by atoms with E-state index in [0.29, 0.717) is 24.9 Å². The minimum Gasteiger partial charge on any atom is -0.494 e. The van der Waals surface area contributed by atoms with Crippen molar-refractivity contribution in [2.24, 2.45) is 0 Å². The molecule has 0 aliphatic heterocycles. The molecule has 0 amide bonds. The average molecular weight is 330 g/mol. The molecule has 0 spiro atoms. The van der Waals surface area contributed by atoms with Crippen LogP contribution in [0.2, 0.25) is 0 Å². The first-order valence-electron chi connectivity index (χ1n) is 7.71. The monoisotopic (exact) mass is 330 g/mol. The number of hydrogen-bond donors (Lipinski definition) is 2. The molecule has 0 fully saturated rings. The highest BCUT2D eigenvalue weighted by molar-refractivity contribution is 7.80. The zero-order valence-electron chi connectivity index (χ0n) is 13.5. The molecule has 2 rings (SSSR count). The zero-order valence-corrected chi connectivity index (χ0v) is 14.3. The van der Waals surface area contributed by atoms with Crippen molar-refractivity contribution >= 4 is 23.0 Å². The van der Waals surface area contributed by atoms with Crippen LogP contribution in [0, 0.1) is 0 Å². The summed E-state index contributed by atoms with van der Waals surface area (Å²) >= 11 is 5.35. The highest BCUT2D eigenvalue weighted by Gasteiger charge is 2.04. The topological polar surface area (TPSA) is 42.5 Å². The summed E-state index contributed by atoms with van der Waals surface area (Å²) in [5.41, 5.74) is 1.97. The highest BCUT2D eigenvalue weighted by Crippen LogP contribution is 2.23. The number of thiocarbonyl (C=S) groups is 1. The van der Waals surface area contributed by atoms with Crippen molar-refractivity contribution in [1.82, 2.24) is 5.32 Å². The van der Waals surface area contributed by atoms with E-state index in [9.17, 15) is 0 Å². The zero-order chi connectivity index (χ0) is 16.5. The van der Waals surface area contributed by atoms with Crippen LogP contribution in [0.3, 0.4) is 0 Å². The third-order valence-corrected chi connectivity index (χ3v) is 3.34. The Morgan fingerprint density at radius 1 is 1.00 bits per heavy atom. The van der Waals surface area contributed by atoms with Gasteiger partial charge in [0.2, 0.25) is 0 Å². The average Bonchev–Trinajstić information content (AvgIpc) is 2.56. The molecule has 0 aliphatic carbocycles. The smallest absolute Gasteiger partial charge is 0.171 e. The lowest BCUT2D eigenvalue weighted by Crippen LogP contribution is -2.28. The van der Waals surface area contributed by atoms with E-state index in [1.54, 1.807) is 0 Å². The van der Waals surface area contributed by atoms with Gasteiger partial charge in [0.1, 0.15) is 11.5 Å². The predicted octanol–water partition coefficient (Wildman–Crippen LogP) is 3.97. The van der Waals surface area contributed by atoms with E-state index < -0.39 is 0 Å². The maximum atomic E-state index is 5.58. The van der Waals surface area contributed by atoms with E-state index in [2.05, 4.69) is 10.6 Å². The molecule has 2 N–H and O–H groups in total. The Bertz CT molecular complexity index is 646. The number of hydrogen-bond acceptors (Lipinski definition) is 3. The summed E-state index contributed by atoms with van der Waals surface area (Å²) in [7, 11) is 0. The first-order chi connectivity index (χ1) is 11.2. The number of ether oxygens (including phenoxy) is 2. The van der Waals surface area contributed by atoms with Gasteiger partial charge in [-0.3, -0.25) is 0 Å². The highest BCUT2D eigenvalue weighted by atomic mass is 32.1. The van der Waals surface area contributed by atoms with Gasteiger partial charge in [0.25, 0.3) is 0 Å². The van der Waals surface area contributed by atoms with E-state index in [0.717, 1.165) is 22.7 Å². The first kappa shape index (κ1) is 17.1. The molecule has 0 bridgehead atoms. The number of para-hydroxylation sites is 2. The van der Waals surface area contributed by atoms with Crippen LogP contribution in [0.1, 0.15) is 19.4 Å². The van der Waals surface area contributed by atoms with E-state index in [4.69, 9.17) is 21.7 Å². The van der Waals surface area contributed by atoms with Gasteiger partial charge in [0.15, 0.2) is 5.11 Å². The number of anilines is 1. The summed E-state index contributed by atoms with van der Waals surface area (Å²) < 4.78 is 11.1. The molecule has 0 saturated heterocycles. The van der Waals surface area contributed by atoms with Gasteiger partial charge in [-0.15, -0.1) is 0 Å². The van der Waals surface area contributed by atoms with Crippen molar-refractivity contribution in [3.8, 4) is 11.5 Å². The summed E-state index contributed by atoms with van der Waals surface area (Å²) in [6, 6.07) is 15.7. The molecule has 5 heteroatoms. The number of nitrogens with one attached hydrogen (secondary N) is 2. The molecular weight excluding hydrogens is 308 g/mol. The summed E-state index contributed by atoms with van der Waals surface area (Å²) in [5.74, 6) is 1.66. The first-order valence-corrected chi connectivity index (χ1v) is 8.12. The van der Waals surface area contributed by atoms with Crippen LogP contribution in [-0.4, -0.2) is 18.3 Å². The molecule has 0 unspecified atom stereocenters. The van der Waals surface area contributed by atoms with Crippen molar-refractivity contribution in [1.29, 1.82) is 0 Å². The molecule has 0 saturated carbocycles. The molecule has 0 aromatic heterocycles. The summed E-state index contributed by atoms with van der Waals surface area (Å²) in [5, 5.41) is 6.92. The predicted molar refractivity (Wildman–Crippen MR) is 98.3 cm³/mol. The molecule has 23 heavy (non-hydrogen) atoms. The third kappa shape index (κ3) is 5.45. The normalized spacial score (nSPS) is 10.0. The van der Waals surface area contributed by atoms with Crippen LogP contribution in [0.5, 0.6) is 11.5 Å². The minimum atomic E-state index is 0.555. The number of rotatable bonds is 7. The maximum absolute atomic E-state index is 5.58. The maximum Gasteiger partial charge on any atom is 0.171 e. The lowest BCUT2D eigenvalue weighted by atomic mass is 10.2. The summed E-state index contributed by atoms with van der Waals surface area (Å²) in [6.45, 7) is 5.83. The van der Waals surface area contributed by atoms with Crippen LogP contribution in [0.4, 0.5) is 5.69 Å². The van der Waals surface area contributed by atoms with E-state index in [1.807, 2.05) is 62.4 Å². The summed E-state index contributed by atoms with van der Waals surface area (Å²) in [4.78, 5) is 0. The Morgan fingerprint density at radius 3 is 2.57 bits per heavy atom. The van der Waals surface area contributed by atoms with Crippen molar-refractivity contribution in [2.75, 3.05) is 18.5 Å². The second-order valence-electron chi connectivity index (χ2n) is 4.82. The van der Waals surface area contributed by atoms with Crippen LogP contribution in [-0.2, 0) is 6.54 Å². The van der Waals surface area contributed by atoms with Gasteiger partial charge >= 0.3 is 0 Å². The van der Waals surface area contributed by atoms with Crippen molar-refractivity contribution in [3.63, 3.8) is 0 Å². The quantitative estimate of drug-likeness (QED) is 0.752. The Morgan fingerprint density at radius 2 is 1.78 bits per heavy atom. The van der Waals surface area contributed by atoms with Gasteiger partial charge in [-0.2, -0.15) is 0 Å².